The quantitative estimate of drug-likeness (QED) is 0.0443. The van der Waals surface area contributed by atoms with E-state index in [1.165, 1.54) is 103 Å². The molecule has 190 valence electrons. The van der Waals surface area contributed by atoms with Crippen molar-refractivity contribution in [3.8, 4) is 0 Å². The minimum atomic E-state index is -2.75. The first-order valence-corrected chi connectivity index (χ1v) is 15.1. The molecule has 0 aromatic carbocycles. The summed E-state index contributed by atoms with van der Waals surface area (Å²) in [5, 5.41) is 0. The molecule has 0 aliphatic rings. The molecule has 0 saturated heterocycles. The van der Waals surface area contributed by atoms with Gasteiger partial charge >= 0.3 is 14.8 Å². The van der Waals surface area contributed by atoms with Crippen molar-refractivity contribution in [3.63, 3.8) is 0 Å². The molecule has 0 fully saturated rings. The highest BCUT2D eigenvalue weighted by Crippen LogP contribution is 2.20. The molecule has 0 aliphatic carbocycles. The molecule has 0 aliphatic heterocycles. The third-order valence-electron chi connectivity index (χ3n) is 6.11. The summed E-state index contributed by atoms with van der Waals surface area (Å²) in [5.74, 6) is -0.506. The Morgan fingerprint density at radius 1 is 0.688 bits per heavy atom. The number of rotatable bonds is 25. The van der Waals surface area contributed by atoms with Crippen LogP contribution in [0.2, 0.25) is 6.04 Å². The predicted molar refractivity (Wildman–Crippen MR) is 136 cm³/mol. The van der Waals surface area contributed by atoms with E-state index in [4.69, 9.17) is 18.0 Å². The van der Waals surface area contributed by atoms with Crippen LogP contribution in [-0.4, -0.2) is 35.8 Å². The highest BCUT2D eigenvalue weighted by Gasteiger charge is 2.38. The Morgan fingerprint density at radius 2 is 1.06 bits per heavy atom. The van der Waals surface area contributed by atoms with Gasteiger partial charge in [0.1, 0.15) is 0 Å². The molecule has 0 bridgehead atoms. The summed E-state index contributed by atoms with van der Waals surface area (Å²) in [5.41, 5.74) is 0. The van der Waals surface area contributed by atoms with Crippen molar-refractivity contribution in [2.24, 2.45) is 0 Å². The minimum absolute atomic E-state index is 0.155. The van der Waals surface area contributed by atoms with Gasteiger partial charge in [-0.25, -0.2) is 4.79 Å². The van der Waals surface area contributed by atoms with E-state index in [9.17, 15) is 4.79 Å². The molecule has 0 radical (unpaired) electrons. The summed E-state index contributed by atoms with van der Waals surface area (Å²) in [4.78, 5) is 11.1. The molecule has 32 heavy (non-hydrogen) atoms. The summed E-state index contributed by atoms with van der Waals surface area (Å²) in [6.45, 7) is 5.49. The van der Waals surface area contributed by atoms with Gasteiger partial charge in [0, 0.05) is 26.3 Å². The van der Waals surface area contributed by atoms with Gasteiger partial charge < -0.3 is 18.0 Å². The second kappa shape index (κ2) is 23.5. The number of hydrogen-bond donors (Lipinski definition) is 0. The fraction of sp³-hybridized carbons (Fsp3) is 0.885. The lowest BCUT2D eigenvalue weighted by Crippen LogP contribution is -2.44. The van der Waals surface area contributed by atoms with Crippen molar-refractivity contribution in [1.29, 1.82) is 0 Å². The fourth-order valence-corrected chi connectivity index (χ4v) is 5.83. The number of carbonyl (C=O) groups is 1. The number of carbonyl (C=O) groups excluding carboxylic acids is 1. The Labute approximate surface area is 200 Å². The lowest BCUT2D eigenvalue weighted by molar-refractivity contribution is -0.146. The fourth-order valence-electron chi connectivity index (χ4n) is 3.96. The third-order valence-corrected chi connectivity index (χ3v) is 8.87. The molecule has 0 N–H and O–H groups in total. The second-order valence-electron chi connectivity index (χ2n) is 8.78. The molecule has 0 unspecified atom stereocenters. The lowest BCUT2D eigenvalue weighted by Gasteiger charge is -2.25. The van der Waals surface area contributed by atoms with Gasteiger partial charge in [0.15, 0.2) is 6.79 Å². The first kappa shape index (κ1) is 31.3. The van der Waals surface area contributed by atoms with Crippen molar-refractivity contribution >= 4 is 14.8 Å². The van der Waals surface area contributed by atoms with Crippen LogP contribution in [0.5, 0.6) is 0 Å². The lowest BCUT2D eigenvalue weighted by atomic mass is 10.0. The maximum absolute atomic E-state index is 11.1. The van der Waals surface area contributed by atoms with Crippen molar-refractivity contribution in [1.82, 2.24) is 0 Å². The van der Waals surface area contributed by atoms with Gasteiger partial charge in [-0.15, -0.1) is 0 Å². The SMILES string of the molecule is C=CC(=O)OCO[Si](CCCCCCCCCCCCCCCCCCCC)(OC)OC. The van der Waals surface area contributed by atoms with Crippen LogP contribution in [0.4, 0.5) is 0 Å². The Hall–Kier alpha value is -0.693. The topological polar surface area (TPSA) is 54.0 Å². The van der Waals surface area contributed by atoms with E-state index in [-0.39, 0.29) is 6.79 Å². The van der Waals surface area contributed by atoms with Crippen LogP contribution in [0, 0.1) is 0 Å². The van der Waals surface area contributed by atoms with E-state index < -0.39 is 14.8 Å². The van der Waals surface area contributed by atoms with Crippen LogP contribution in [0.15, 0.2) is 12.7 Å². The summed E-state index contributed by atoms with van der Waals surface area (Å²) in [6.07, 6.45) is 25.5. The van der Waals surface area contributed by atoms with Crippen molar-refractivity contribution < 1.29 is 22.8 Å². The van der Waals surface area contributed by atoms with Crippen molar-refractivity contribution in [3.05, 3.63) is 12.7 Å². The molecule has 0 aromatic heterocycles. The Bertz CT molecular complexity index is 426. The average molecular weight is 473 g/mol. The maximum Gasteiger partial charge on any atom is 0.502 e. The van der Waals surface area contributed by atoms with Gasteiger partial charge in [0.2, 0.25) is 0 Å². The van der Waals surface area contributed by atoms with Gasteiger partial charge in [-0.2, -0.15) is 0 Å². The Kier molecular flexibility index (Phi) is 23.0. The first-order valence-electron chi connectivity index (χ1n) is 13.2. The molecule has 0 atom stereocenters. The number of hydrogen-bond acceptors (Lipinski definition) is 5. The van der Waals surface area contributed by atoms with E-state index in [0.717, 1.165) is 25.0 Å². The molecule has 0 spiro atoms. The maximum atomic E-state index is 11.1. The molecular weight excluding hydrogens is 420 g/mol. The summed E-state index contributed by atoms with van der Waals surface area (Å²) < 4.78 is 21.5. The van der Waals surface area contributed by atoms with Crippen LogP contribution in [0.25, 0.3) is 0 Å². The van der Waals surface area contributed by atoms with Gasteiger partial charge in [0.05, 0.1) is 0 Å². The van der Waals surface area contributed by atoms with Crippen molar-refractivity contribution in [2.45, 2.75) is 129 Å². The smallest absolute Gasteiger partial charge is 0.436 e. The van der Waals surface area contributed by atoms with Gasteiger partial charge in [0.25, 0.3) is 0 Å². The molecule has 5 nitrogen and oxygen atoms in total. The van der Waals surface area contributed by atoms with Crippen LogP contribution in [0.3, 0.4) is 0 Å². The van der Waals surface area contributed by atoms with Crippen LogP contribution in [0.1, 0.15) is 122 Å². The summed E-state index contributed by atoms with van der Waals surface area (Å²) in [7, 11) is 0.449. The van der Waals surface area contributed by atoms with Crippen LogP contribution < -0.4 is 0 Å². The second-order valence-corrected chi connectivity index (χ2v) is 11.8. The van der Waals surface area contributed by atoms with Crippen molar-refractivity contribution in [2.75, 3.05) is 21.0 Å². The Morgan fingerprint density at radius 3 is 1.41 bits per heavy atom. The average Bonchev–Trinajstić information content (AvgIpc) is 2.82. The largest absolute Gasteiger partial charge is 0.502 e. The van der Waals surface area contributed by atoms with Crippen LogP contribution >= 0.6 is 0 Å². The predicted octanol–water partition coefficient (Wildman–Crippen LogP) is 7.96. The monoisotopic (exact) mass is 472 g/mol. The molecule has 0 rings (SSSR count). The zero-order chi connectivity index (χ0) is 23.8. The van der Waals surface area contributed by atoms with Gasteiger partial charge in [-0.1, -0.05) is 123 Å². The molecule has 0 saturated carbocycles. The number of ether oxygens (including phenoxy) is 1. The first-order chi connectivity index (χ1) is 15.6. The van der Waals surface area contributed by atoms with E-state index in [0.29, 0.717) is 0 Å². The van der Waals surface area contributed by atoms with Crippen LogP contribution in [-0.2, 0) is 22.8 Å². The normalized spacial score (nSPS) is 11.6. The molecular formula is C26H52O5Si. The summed E-state index contributed by atoms with van der Waals surface area (Å²) >= 11 is 0. The highest BCUT2D eigenvalue weighted by molar-refractivity contribution is 6.60. The zero-order valence-electron chi connectivity index (χ0n) is 21.5. The van der Waals surface area contributed by atoms with E-state index >= 15 is 0 Å². The zero-order valence-corrected chi connectivity index (χ0v) is 22.5. The van der Waals surface area contributed by atoms with E-state index in [2.05, 4.69) is 13.5 Å². The highest BCUT2D eigenvalue weighted by atomic mass is 28.4. The molecule has 0 aromatic rings. The minimum Gasteiger partial charge on any atom is -0.436 e. The van der Waals surface area contributed by atoms with Gasteiger partial charge in [-0.05, 0) is 6.42 Å². The molecule has 6 heteroatoms. The standard InChI is InChI=1S/C26H52O5Si/c1-5-7-8-9-10-11-12-13-14-15-16-17-18-19-20-21-22-23-24-32(28-3,29-4)31-25-30-26(27)6-2/h6H,2,5,7-25H2,1,3-4H3. The number of esters is 1. The third kappa shape index (κ3) is 18.8. The van der Waals surface area contributed by atoms with E-state index in [1.54, 1.807) is 14.2 Å². The van der Waals surface area contributed by atoms with E-state index in [1.807, 2.05) is 0 Å². The number of unbranched alkanes of at least 4 members (excludes halogenated alkanes) is 17. The Balaban J connectivity index is 3.47. The summed E-state index contributed by atoms with van der Waals surface area (Å²) in [6, 6.07) is 0.740. The molecule has 0 amide bonds. The molecule has 0 heterocycles. The van der Waals surface area contributed by atoms with Gasteiger partial charge in [-0.3, -0.25) is 0 Å².